The molecule has 0 radical (unpaired) electrons. The number of fused-ring (bicyclic) bond motifs is 8. The van der Waals surface area contributed by atoms with E-state index in [0.717, 1.165) is 44.6 Å². The summed E-state index contributed by atoms with van der Waals surface area (Å²) in [6.07, 6.45) is 0. The summed E-state index contributed by atoms with van der Waals surface area (Å²) in [6, 6.07) is 60.0. The molecule has 0 spiro atoms. The molecule has 0 aliphatic heterocycles. The van der Waals surface area contributed by atoms with Crippen LogP contribution in [0.15, 0.2) is 170 Å². The van der Waals surface area contributed by atoms with E-state index in [0.29, 0.717) is 5.82 Å². The van der Waals surface area contributed by atoms with Crippen molar-refractivity contribution in [2.24, 2.45) is 0 Å². The van der Waals surface area contributed by atoms with Crippen LogP contribution >= 0.6 is 0 Å². The highest BCUT2D eigenvalue weighted by atomic mass is 15.0. The molecule has 10 rings (SSSR count). The fraction of sp³-hybridized carbons (Fsp3) is 0. The normalized spacial score (nSPS) is 11.8. The van der Waals surface area contributed by atoms with Gasteiger partial charge < -0.3 is 9.13 Å². The average Bonchev–Trinajstić information content (AvgIpc) is 3.68. The highest BCUT2D eigenvalue weighted by Gasteiger charge is 2.21. The van der Waals surface area contributed by atoms with Crippen LogP contribution < -0.4 is 0 Å². The molecule has 0 N–H and O–H groups in total. The summed E-state index contributed by atoms with van der Waals surface area (Å²) < 4.78 is 4.78. The van der Waals surface area contributed by atoms with Crippen LogP contribution in [0.3, 0.4) is 0 Å². The van der Waals surface area contributed by atoms with Crippen molar-refractivity contribution in [3.63, 3.8) is 0 Å². The second-order valence-electron chi connectivity index (χ2n) is 12.2. The van der Waals surface area contributed by atoms with Gasteiger partial charge in [-0.25, -0.2) is 9.97 Å². The average molecular weight is 613 g/mol. The van der Waals surface area contributed by atoms with E-state index in [-0.39, 0.29) is 0 Å². The van der Waals surface area contributed by atoms with E-state index in [1.54, 1.807) is 0 Å². The van der Waals surface area contributed by atoms with Gasteiger partial charge in [-0.15, -0.1) is 0 Å². The summed E-state index contributed by atoms with van der Waals surface area (Å²) in [5.41, 5.74) is 10.9. The van der Waals surface area contributed by atoms with Crippen LogP contribution in [0, 0.1) is 0 Å². The summed E-state index contributed by atoms with van der Waals surface area (Å²) in [7, 11) is 0. The number of para-hydroxylation sites is 4. The zero-order valence-corrected chi connectivity index (χ0v) is 26.0. The van der Waals surface area contributed by atoms with E-state index in [2.05, 4.69) is 167 Å². The van der Waals surface area contributed by atoms with Gasteiger partial charge in [0.2, 0.25) is 0 Å². The molecule has 0 unspecified atom stereocenters. The summed E-state index contributed by atoms with van der Waals surface area (Å²) in [5.74, 6) is 0.717. The molecule has 0 amide bonds. The Morgan fingerprint density at radius 1 is 0.354 bits per heavy atom. The Hall–Kier alpha value is -6.52. The summed E-state index contributed by atoms with van der Waals surface area (Å²) >= 11 is 0. The summed E-state index contributed by atoms with van der Waals surface area (Å²) in [5, 5.41) is 5.92. The standard InChI is InChI=1S/C44H28N4/c1-4-14-29(15-5-1)43-33-20-10-12-22-36(33)45-44(46-43)30-24-25-38-35(28-30)42-40(48(38)32-18-8-3-9-19-32)27-26-39-41(42)34-21-11-13-23-37(34)47(39)31-16-6-2-7-17-31/h1-28H. The molecular formula is C44H28N4. The van der Waals surface area contributed by atoms with Gasteiger partial charge in [0.1, 0.15) is 0 Å². The van der Waals surface area contributed by atoms with E-state index in [4.69, 9.17) is 9.97 Å². The van der Waals surface area contributed by atoms with Crippen LogP contribution in [0.4, 0.5) is 0 Å². The SMILES string of the molecule is c1ccc(-c2nc(-c3ccc4c(c3)c3c5c6ccccc6n(-c6ccccc6)c5ccc3n4-c3ccccc3)nc3ccccc23)cc1. The Balaban J connectivity index is 1.33. The first kappa shape index (κ1) is 26.7. The molecule has 0 saturated heterocycles. The molecule has 4 nitrogen and oxygen atoms in total. The fourth-order valence-corrected chi connectivity index (χ4v) is 7.44. The number of aromatic nitrogens is 4. The highest BCUT2D eigenvalue weighted by molar-refractivity contribution is 6.29. The largest absolute Gasteiger partial charge is 0.309 e. The van der Waals surface area contributed by atoms with Crippen LogP contribution in [0.2, 0.25) is 0 Å². The molecule has 0 aliphatic carbocycles. The van der Waals surface area contributed by atoms with Crippen molar-refractivity contribution in [3.05, 3.63) is 170 Å². The molecule has 3 aromatic heterocycles. The van der Waals surface area contributed by atoms with E-state index >= 15 is 0 Å². The molecule has 10 aromatic rings. The molecule has 0 atom stereocenters. The molecule has 48 heavy (non-hydrogen) atoms. The molecule has 7 aromatic carbocycles. The molecule has 0 aliphatic rings. The van der Waals surface area contributed by atoms with Crippen LogP contribution in [0.25, 0.3) is 88.5 Å². The predicted molar refractivity (Wildman–Crippen MR) is 199 cm³/mol. The van der Waals surface area contributed by atoms with Crippen LogP contribution in [-0.2, 0) is 0 Å². The maximum atomic E-state index is 5.23. The second kappa shape index (κ2) is 10.5. The lowest BCUT2D eigenvalue weighted by Gasteiger charge is -2.10. The molecular weight excluding hydrogens is 585 g/mol. The lowest BCUT2D eigenvalue weighted by Crippen LogP contribution is -1.96. The number of hydrogen-bond donors (Lipinski definition) is 0. The zero-order valence-electron chi connectivity index (χ0n) is 26.0. The Morgan fingerprint density at radius 2 is 0.875 bits per heavy atom. The first-order chi connectivity index (χ1) is 23.8. The second-order valence-corrected chi connectivity index (χ2v) is 12.2. The third-order valence-electron chi connectivity index (χ3n) is 9.50. The molecule has 0 bridgehead atoms. The topological polar surface area (TPSA) is 35.6 Å². The Labute approximate surface area is 276 Å². The van der Waals surface area contributed by atoms with Crippen molar-refractivity contribution in [1.82, 2.24) is 19.1 Å². The Morgan fingerprint density at radius 3 is 1.56 bits per heavy atom. The van der Waals surface area contributed by atoms with Gasteiger partial charge in [0.05, 0.1) is 33.3 Å². The summed E-state index contributed by atoms with van der Waals surface area (Å²) in [4.78, 5) is 10.3. The van der Waals surface area contributed by atoms with Crippen LogP contribution in [0.5, 0.6) is 0 Å². The van der Waals surface area contributed by atoms with E-state index in [9.17, 15) is 0 Å². The van der Waals surface area contributed by atoms with Crippen molar-refractivity contribution < 1.29 is 0 Å². The van der Waals surface area contributed by atoms with E-state index in [1.165, 1.54) is 38.1 Å². The van der Waals surface area contributed by atoms with E-state index < -0.39 is 0 Å². The van der Waals surface area contributed by atoms with E-state index in [1.807, 2.05) is 12.1 Å². The van der Waals surface area contributed by atoms with Crippen molar-refractivity contribution in [2.75, 3.05) is 0 Å². The van der Waals surface area contributed by atoms with Gasteiger partial charge in [0.25, 0.3) is 0 Å². The third-order valence-corrected chi connectivity index (χ3v) is 9.50. The van der Waals surface area contributed by atoms with Crippen molar-refractivity contribution in [2.45, 2.75) is 0 Å². The lowest BCUT2D eigenvalue weighted by molar-refractivity contribution is 1.17. The van der Waals surface area contributed by atoms with Crippen molar-refractivity contribution in [3.8, 4) is 34.0 Å². The molecule has 0 saturated carbocycles. The molecule has 224 valence electrons. The van der Waals surface area contributed by atoms with Crippen molar-refractivity contribution in [1.29, 1.82) is 0 Å². The van der Waals surface area contributed by atoms with Crippen LogP contribution in [-0.4, -0.2) is 19.1 Å². The number of benzene rings is 7. The quantitative estimate of drug-likeness (QED) is 0.198. The minimum absolute atomic E-state index is 0.717. The van der Waals surface area contributed by atoms with Gasteiger partial charge in [0.15, 0.2) is 5.82 Å². The first-order valence-corrected chi connectivity index (χ1v) is 16.3. The molecule has 3 heterocycles. The highest BCUT2D eigenvalue weighted by Crippen LogP contribution is 2.43. The van der Waals surface area contributed by atoms with Gasteiger partial charge in [0, 0.05) is 49.4 Å². The van der Waals surface area contributed by atoms with Gasteiger partial charge in [-0.1, -0.05) is 103 Å². The maximum absolute atomic E-state index is 5.23. The van der Waals surface area contributed by atoms with Gasteiger partial charge >= 0.3 is 0 Å². The number of hydrogen-bond acceptors (Lipinski definition) is 2. The lowest BCUT2D eigenvalue weighted by atomic mass is 10.0. The number of nitrogens with zero attached hydrogens (tertiary/aromatic N) is 4. The predicted octanol–water partition coefficient (Wildman–Crippen LogP) is 11.2. The number of rotatable bonds is 4. The molecule has 0 fully saturated rings. The van der Waals surface area contributed by atoms with Crippen LogP contribution in [0.1, 0.15) is 0 Å². The first-order valence-electron chi connectivity index (χ1n) is 16.3. The maximum Gasteiger partial charge on any atom is 0.160 e. The minimum atomic E-state index is 0.717. The Kier molecular flexibility index (Phi) is 5.84. The molecule has 4 heteroatoms. The van der Waals surface area contributed by atoms with Gasteiger partial charge in [-0.2, -0.15) is 0 Å². The minimum Gasteiger partial charge on any atom is -0.309 e. The fourth-order valence-electron chi connectivity index (χ4n) is 7.44. The zero-order chi connectivity index (χ0) is 31.6. The van der Waals surface area contributed by atoms with Gasteiger partial charge in [-0.05, 0) is 66.7 Å². The smallest absolute Gasteiger partial charge is 0.160 e. The third kappa shape index (κ3) is 3.96. The van der Waals surface area contributed by atoms with Gasteiger partial charge in [-0.3, -0.25) is 0 Å². The van der Waals surface area contributed by atoms with Crippen molar-refractivity contribution >= 4 is 54.5 Å². The monoisotopic (exact) mass is 612 g/mol. The summed E-state index contributed by atoms with van der Waals surface area (Å²) in [6.45, 7) is 0. The Bertz CT molecular complexity index is 2810.